The van der Waals surface area contributed by atoms with Crippen LogP contribution in [-0.4, -0.2) is 52.7 Å². The SMILES string of the molecule is CC(C(=O)O)N(C(=O)C1(C)CCCC1NC(=O)OCC1c2ccccc2-c2ccccc21)C1CC1. The Morgan fingerprint density at radius 3 is 2.23 bits per heavy atom. The molecule has 2 saturated carbocycles. The predicted octanol–water partition coefficient (Wildman–Crippen LogP) is 4.55. The number of fused-ring (bicyclic) bond motifs is 3. The van der Waals surface area contributed by atoms with Crippen LogP contribution in [-0.2, 0) is 14.3 Å². The van der Waals surface area contributed by atoms with E-state index in [2.05, 4.69) is 29.6 Å². The molecule has 2 N–H and O–H groups in total. The molecule has 0 aromatic heterocycles. The molecule has 0 bridgehead atoms. The summed E-state index contributed by atoms with van der Waals surface area (Å²) in [6.45, 7) is 3.62. The standard InChI is InChI=1S/C28H32N2O5/c1-17(25(31)32)30(18-13-14-18)26(33)28(2)15-7-12-24(28)29-27(34)35-16-23-21-10-5-3-8-19(21)20-9-4-6-11-22(20)23/h3-6,8-11,17-18,23-24H,7,12-16H2,1-2H3,(H,29,34)(H,31,32). The zero-order chi connectivity index (χ0) is 24.7. The lowest BCUT2D eigenvalue weighted by molar-refractivity contribution is -0.155. The van der Waals surface area contributed by atoms with Crippen LogP contribution in [0.5, 0.6) is 0 Å². The topological polar surface area (TPSA) is 95.9 Å². The van der Waals surface area contributed by atoms with Crippen molar-refractivity contribution in [2.45, 2.75) is 70.0 Å². The van der Waals surface area contributed by atoms with E-state index in [1.165, 1.54) is 16.0 Å². The first-order valence-corrected chi connectivity index (χ1v) is 12.5. The minimum Gasteiger partial charge on any atom is -0.480 e. The number of alkyl carbamates (subject to hydrolysis) is 1. The molecule has 7 heteroatoms. The van der Waals surface area contributed by atoms with Crippen LogP contribution < -0.4 is 5.32 Å². The van der Waals surface area contributed by atoms with Gasteiger partial charge in [0.1, 0.15) is 12.6 Å². The Labute approximate surface area is 205 Å². The van der Waals surface area contributed by atoms with Crippen LogP contribution in [0.25, 0.3) is 11.1 Å². The van der Waals surface area contributed by atoms with Crippen LogP contribution >= 0.6 is 0 Å². The first kappa shape index (κ1) is 23.4. The fraction of sp³-hybridized carbons (Fsp3) is 0.464. The van der Waals surface area contributed by atoms with Crippen LogP contribution in [0.3, 0.4) is 0 Å². The number of aliphatic carboxylic acids is 1. The Balaban J connectivity index is 1.27. The van der Waals surface area contributed by atoms with Crippen molar-refractivity contribution in [3.8, 4) is 11.1 Å². The minimum absolute atomic E-state index is 0.0267. The largest absolute Gasteiger partial charge is 0.480 e. The van der Waals surface area contributed by atoms with Crippen molar-refractivity contribution in [2.24, 2.45) is 5.41 Å². The van der Waals surface area contributed by atoms with Crippen LogP contribution in [0.1, 0.15) is 63.0 Å². The fourth-order valence-corrected chi connectivity index (χ4v) is 5.86. The van der Waals surface area contributed by atoms with Crippen molar-refractivity contribution in [3.63, 3.8) is 0 Å². The van der Waals surface area contributed by atoms with Crippen LogP contribution in [0, 0.1) is 5.41 Å². The van der Waals surface area contributed by atoms with Gasteiger partial charge in [-0.2, -0.15) is 0 Å². The Morgan fingerprint density at radius 1 is 1.06 bits per heavy atom. The third-order valence-corrected chi connectivity index (χ3v) is 8.03. The monoisotopic (exact) mass is 476 g/mol. The maximum Gasteiger partial charge on any atom is 0.407 e. The quantitative estimate of drug-likeness (QED) is 0.611. The summed E-state index contributed by atoms with van der Waals surface area (Å²) in [7, 11) is 0. The molecular formula is C28H32N2O5. The molecule has 3 unspecified atom stereocenters. The van der Waals surface area contributed by atoms with Gasteiger partial charge >= 0.3 is 12.1 Å². The Hall–Kier alpha value is -3.35. The van der Waals surface area contributed by atoms with Gasteiger partial charge in [-0.05, 0) is 61.8 Å². The van der Waals surface area contributed by atoms with Crippen LogP contribution in [0.15, 0.2) is 48.5 Å². The lowest BCUT2D eigenvalue weighted by Gasteiger charge is -2.38. The van der Waals surface area contributed by atoms with Crippen molar-refractivity contribution < 1.29 is 24.2 Å². The number of carboxylic acids is 1. The van der Waals surface area contributed by atoms with Crippen molar-refractivity contribution in [3.05, 3.63) is 59.7 Å². The lowest BCUT2D eigenvalue weighted by atomic mass is 9.82. The highest BCUT2D eigenvalue weighted by atomic mass is 16.5. The predicted molar refractivity (Wildman–Crippen MR) is 131 cm³/mol. The first-order chi connectivity index (χ1) is 16.8. The lowest BCUT2D eigenvalue weighted by Crippen LogP contribution is -2.56. The van der Waals surface area contributed by atoms with Crippen LogP contribution in [0.2, 0.25) is 0 Å². The number of carbonyl (C=O) groups is 3. The van der Waals surface area contributed by atoms with Gasteiger partial charge in [-0.1, -0.05) is 55.0 Å². The summed E-state index contributed by atoms with van der Waals surface area (Å²) in [5.74, 6) is -1.23. The molecule has 35 heavy (non-hydrogen) atoms. The van der Waals surface area contributed by atoms with E-state index in [0.717, 1.165) is 30.4 Å². The maximum absolute atomic E-state index is 13.6. The smallest absolute Gasteiger partial charge is 0.407 e. The number of nitrogens with zero attached hydrogens (tertiary/aromatic N) is 1. The fourth-order valence-electron chi connectivity index (χ4n) is 5.86. The average molecular weight is 477 g/mol. The second-order valence-electron chi connectivity index (χ2n) is 10.3. The van der Waals surface area contributed by atoms with Crippen molar-refractivity contribution >= 4 is 18.0 Å². The molecule has 0 radical (unpaired) electrons. The molecule has 0 heterocycles. The molecular weight excluding hydrogens is 444 g/mol. The highest BCUT2D eigenvalue weighted by Crippen LogP contribution is 2.45. The van der Waals surface area contributed by atoms with E-state index in [1.54, 1.807) is 6.92 Å². The summed E-state index contributed by atoms with van der Waals surface area (Å²) in [4.78, 5) is 39.7. The molecule has 2 amide bonds. The number of nitrogens with one attached hydrogen (secondary N) is 1. The highest BCUT2D eigenvalue weighted by Gasteiger charge is 2.52. The van der Waals surface area contributed by atoms with Gasteiger partial charge in [0.15, 0.2) is 0 Å². The van der Waals surface area contributed by atoms with Gasteiger partial charge in [-0.25, -0.2) is 9.59 Å². The third-order valence-electron chi connectivity index (χ3n) is 8.03. The van der Waals surface area contributed by atoms with Crippen molar-refractivity contribution in [2.75, 3.05) is 6.61 Å². The van der Waals surface area contributed by atoms with E-state index in [-0.39, 0.29) is 24.5 Å². The number of carbonyl (C=O) groups excluding carboxylic acids is 2. The van der Waals surface area contributed by atoms with Crippen LogP contribution in [0.4, 0.5) is 4.79 Å². The molecule has 3 aliphatic carbocycles. The molecule has 2 aromatic carbocycles. The van der Waals surface area contributed by atoms with E-state index < -0.39 is 29.6 Å². The zero-order valence-corrected chi connectivity index (χ0v) is 20.2. The summed E-state index contributed by atoms with van der Waals surface area (Å²) in [5.41, 5.74) is 3.77. The van der Waals surface area contributed by atoms with Gasteiger partial charge in [0.05, 0.1) is 5.41 Å². The third kappa shape index (κ3) is 4.17. The van der Waals surface area contributed by atoms with Gasteiger partial charge in [-0.15, -0.1) is 0 Å². The molecule has 0 saturated heterocycles. The Bertz CT molecular complexity index is 1110. The molecule has 2 aromatic rings. The Morgan fingerprint density at radius 2 is 1.66 bits per heavy atom. The Kier molecular flexibility index (Phi) is 6.03. The molecule has 7 nitrogen and oxygen atoms in total. The summed E-state index contributed by atoms with van der Waals surface area (Å²) >= 11 is 0. The van der Waals surface area contributed by atoms with Gasteiger partial charge in [0.2, 0.25) is 5.91 Å². The second kappa shape index (κ2) is 9.02. The molecule has 0 spiro atoms. The molecule has 3 atom stereocenters. The molecule has 2 fully saturated rings. The number of amides is 2. The summed E-state index contributed by atoms with van der Waals surface area (Å²) in [6, 6.07) is 15.0. The maximum atomic E-state index is 13.6. The number of rotatable bonds is 7. The van der Waals surface area contributed by atoms with E-state index >= 15 is 0 Å². The van der Waals surface area contributed by atoms with Gasteiger partial charge < -0.3 is 20.1 Å². The number of benzene rings is 2. The molecule has 5 rings (SSSR count). The molecule has 0 aliphatic heterocycles. The van der Waals surface area contributed by atoms with E-state index in [1.807, 2.05) is 31.2 Å². The summed E-state index contributed by atoms with van der Waals surface area (Å²) < 4.78 is 5.71. The number of carboxylic acid groups (broad SMARTS) is 1. The average Bonchev–Trinajstić information content (AvgIpc) is 3.54. The molecule has 3 aliphatic rings. The van der Waals surface area contributed by atoms with Gasteiger partial charge in [0, 0.05) is 18.0 Å². The van der Waals surface area contributed by atoms with Crippen molar-refractivity contribution in [1.82, 2.24) is 10.2 Å². The van der Waals surface area contributed by atoms with E-state index in [0.29, 0.717) is 12.8 Å². The molecule has 184 valence electrons. The summed E-state index contributed by atoms with van der Waals surface area (Å²) in [5, 5.41) is 12.5. The van der Waals surface area contributed by atoms with E-state index in [9.17, 15) is 19.5 Å². The van der Waals surface area contributed by atoms with E-state index in [4.69, 9.17) is 4.74 Å². The number of ether oxygens (including phenoxy) is 1. The second-order valence-corrected chi connectivity index (χ2v) is 10.3. The van der Waals surface area contributed by atoms with Crippen molar-refractivity contribution in [1.29, 1.82) is 0 Å². The van der Waals surface area contributed by atoms with Gasteiger partial charge in [-0.3, -0.25) is 4.79 Å². The first-order valence-electron chi connectivity index (χ1n) is 12.5. The van der Waals surface area contributed by atoms with Gasteiger partial charge in [0.25, 0.3) is 0 Å². The summed E-state index contributed by atoms with van der Waals surface area (Å²) in [6.07, 6.45) is 3.16. The number of hydrogen-bond donors (Lipinski definition) is 2. The normalized spacial score (nSPS) is 23.8. The minimum atomic E-state index is -1.01. The number of hydrogen-bond acceptors (Lipinski definition) is 4. The highest BCUT2D eigenvalue weighted by molar-refractivity contribution is 5.89. The zero-order valence-electron chi connectivity index (χ0n) is 20.2.